The van der Waals surface area contributed by atoms with Gasteiger partial charge in [0.2, 0.25) is 0 Å². The van der Waals surface area contributed by atoms with E-state index in [0.29, 0.717) is 47.7 Å². The smallest absolute Gasteiger partial charge is 0.319 e. The molecule has 0 unspecified atom stereocenters. The molecule has 0 aliphatic rings. The van der Waals surface area contributed by atoms with Crippen molar-refractivity contribution < 1.29 is 14.3 Å². The van der Waals surface area contributed by atoms with Gasteiger partial charge in [-0.2, -0.15) is 5.10 Å². The largest absolute Gasteiger partial charge is 0.493 e. The minimum atomic E-state index is -0.351. The van der Waals surface area contributed by atoms with E-state index in [1.54, 1.807) is 30.0 Å². The number of carbonyl (C=O) groups is 1. The van der Waals surface area contributed by atoms with Gasteiger partial charge < -0.3 is 25.4 Å². The number of hydrogen-bond donors (Lipinski definition) is 3. The lowest BCUT2D eigenvalue weighted by Gasteiger charge is -2.14. The fraction of sp³-hybridized carbons (Fsp3) is 0.333. The van der Waals surface area contributed by atoms with E-state index in [2.05, 4.69) is 31.0 Å². The van der Waals surface area contributed by atoms with Crippen molar-refractivity contribution >= 4 is 17.5 Å². The number of nitrogens with one attached hydrogen (secondary N) is 3. The molecule has 0 spiro atoms. The Labute approximate surface area is 181 Å². The van der Waals surface area contributed by atoms with Gasteiger partial charge in [-0.05, 0) is 39.0 Å². The quantitative estimate of drug-likeness (QED) is 0.475. The van der Waals surface area contributed by atoms with Gasteiger partial charge >= 0.3 is 6.03 Å². The molecule has 10 nitrogen and oxygen atoms in total. The van der Waals surface area contributed by atoms with Gasteiger partial charge in [-0.3, -0.25) is 0 Å². The molecule has 1 aromatic carbocycles. The van der Waals surface area contributed by atoms with E-state index >= 15 is 0 Å². The van der Waals surface area contributed by atoms with Crippen LogP contribution in [0.2, 0.25) is 0 Å². The zero-order valence-electron chi connectivity index (χ0n) is 18.3. The molecule has 0 fully saturated rings. The third-order valence-electron chi connectivity index (χ3n) is 4.42. The summed E-state index contributed by atoms with van der Waals surface area (Å²) in [7, 11) is 3.07. The molecule has 2 heterocycles. The summed E-state index contributed by atoms with van der Waals surface area (Å²) in [6.07, 6.45) is 0. The highest BCUT2D eigenvalue weighted by Gasteiger charge is 2.12. The van der Waals surface area contributed by atoms with E-state index in [4.69, 9.17) is 9.47 Å². The molecule has 31 heavy (non-hydrogen) atoms. The molecule has 2 amide bonds. The predicted molar refractivity (Wildman–Crippen MR) is 118 cm³/mol. The second-order valence-electron chi connectivity index (χ2n) is 6.85. The number of para-hydroxylation sites is 1. The standard InChI is InChI=1S/C21H27N7O3/c1-13-11-14(2)28(27-13)19-12-18(24-15(3)25-19)22-9-10-23-21(29)26-16-7-6-8-17(30-4)20(16)31-5/h6-8,11-12H,9-10H2,1-5H3,(H,22,24,25)(H2,23,26,29). The first-order valence-electron chi connectivity index (χ1n) is 9.80. The number of anilines is 2. The van der Waals surface area contributed by atoms with Gasteiger partial charge in [0.15, 0.2) is 17.3 Å². The van der Waals surface area contributed by atoms with E-state index in [1.165, 1.54) is 7.11 Å². The maximum Gasteiger partial charge on any atom is 0.319 e. The van der Waals surface area contributed by atoms with Crippen LogP contribution in [0.25, 0.3) is 5.82 Å². The Morgan fingerprint density at radius 1 is 1.06 bits per heavy atom. The average molecular weight is 425 g/mol. The molecular weight excluding hydrogens is 398 g/mol. The molecule has 3 aromatic rings. The zero-order chi connectivity index (χ0) is 22.4. The number of benzene rings is 1. The summed E-state index contributed by atoms with van der Waals surface area (Å²) in [5.74, 6) is 2.98. The highest BCUT2D eigenvalue weighted by atomic mass is 16.5. The fourth-order valence-electron chi connectivity index (χ4n) is 3.13. The first-order valence-corrected chi connectivity index (χ1v) is 9.80. The molecule has 3 N–H and O–H groups in total. The van der Waals surface area contributed by atoms with E-state index in [1.807, 2.05) is 32.9 Å². The number of ether oxygens (including phenoxy) is 2. The van der Waals surface area contributed by atoms with Crippen LogP contribution in [-0.2, 0) is 0 Å². The SMILES string of the molecule is COc1cccc(NC(=O)NCCNc2cc(-n3nc(C)cc3C)nc(C)n2)c1OC. The van der Waals surface area contributed by atoms with E-state index < -0.39 is 0 Å². The van der Waals surface area contributed by atoms with Crippen LogP contribution in [-0.4, -0.2) is 53.1 Å². The molecule has 0 aliphatic heterocycles. The number of aryl methyl sites for hydroxylation is 3. The Hall–Kier alpha value is -3.82. The van der Waals surface area contributed by atoms with Crippen molar-refractivity contribution in [2.24, 2.45) is 0 Å². The maximum atomic E-state index is 12.2. The second kappa shape index (κ2) is 9.79. The number of rotatable bonds is 8. The van der Waals surface area contributed by atoms with E-state index in [0.717, 1.165) is 11.4 Å². The molecule has 2 aromatic heterocycles. The Morgan fingerprint density at radius 3 is 2.55 bits per heavy atom. The third kappa shape index (κ3) is 5.41. The summed E-state index contributed by atoms with van der Waals surface area (Å²) in [4.78, 5) is 21.1. The van der Waals surface area contributed by atoms with Gasteiger partial charge in [0, 0.05) is 24.8 Å². The molecular formula is C21H27N7O3. The van der Waals surface area contributed by atoms with Crippen molar-refractivity contribution in [3.05, 3.63) is 47.5 Å². The highest BCUT2D eigenvalue weighted by molar-refractivity contribution is 5.91. The number of aromatic nitrogens is 4. The van der Waals surface area contributed by atoms with Gasteiger partial charge in [-0.15, -0.1) is 0 Å². The summed E-state index contributed by atoms with van der Waals surface area (Å²) < 4.78 is 12.3. The Kier molecular flexibility index (Phi) is 6.91. The number of carbonyl (C=O) groups excluding carboxylic acids is 1. The maximum absolute atomic E-state index is 12.2. The Morgan fingerprint density at radius 2 is 1.87 bits per heavy atom. The third-order valence-corrected chi connectivity index (χ3v) is 4.42. The molecule has 0 saturated heterocycles. The molecule has 0 aliphatic carbocycles. The molecule has 10 heteroatoms. The van der Waals surface area contributed by atoms with E-state index in [9.17, 15) is 4.79 Å². The van der Waals surface area contributed by atoms with Crippen LogP contribution in [0.3, 0.4) is 0 Å². The van der Waals surface area contributed by atoms with Crippen LogP contribution >= 0.6 is 0 Å². The van der Waals surface area contributed by atoms with Gasteiger partial charge in [-0.25, -0.2) is 19.4 Å². The van der Waals surface area contributed by atoms with Crippen molar-refractivity contribution in [3.63, 3.8) is 0 Å². The average Bonchev–Trinajstić information content (AvgIpc) is 3.08. The lowest BCUT2D eigenvalue weighted by molar-refractivity contribution is 0.252. The lowest BCUT2D eigenvalue weighted by atomic mass is 10.2. The Balaban J connectivity index is 1.55. The second-order valence-corrected chi connectivity index (χ2v) is 6.85. The van der Waals surface area contributed by atoms with Crippen molar-refractivity contribution in [1.29, 1.82) is 0 Å². The first-order chi connectivity index (χ1) is 14.9. The summed E-state index contributed by atoms with van der Waals surface area (Å²) >= 11 is 0. The molecule has 0 radical (unpaired) electrons. The summed E-state index contributed by atoms with van der Waals surface area (Å²) in [6, 6.07) is 8.74. The van der Waals surface area contributed by atoms with Crippen molar-refractivity contribution in [2.45, 2.75) is 20.8 Å². The van der Waals surface area contributed by atoms with Crippen molar-refractivity contribution in [1.82, 2.24) is 25.1 Å². The fourth-order valence-corrected chi connectivity index (χ4v) is 3.13. The monoisotopic (exact) mass is 425 g/mol. The number of urea groups is 1. The molecule has 164 valence electrons. The Bertz CT molecular complexity index is 1070. The summed E-state index contributed by atoms with van der Waals surface area (Å²) in [6.45, 7) is 6.61. The van der Waals surface area contributed by atoms with E-state index in [-0.39, 0.29) is 6.03 Å². The van der Waals surface area contributed by atoms with Crippen LogP contribution in [0.1, 0.15) is 17.2 Å². The first kappa shape index (κ1) is 21.9. The number of hydrogen-bond acceptors (Lipinski definition) is 7. The topological polar surface area (TPSA) is 115 Å². The van der Waals surface area contributed by atoms with Gasteiger partial charge in [0.05, 0.1) is 25.6 Å². The van der Waals surface area contributed by atoms with Gasteiger partial charge in [0.1, 0.15) is 11.6 Å². The minimum absolute atomic E-state index is 0.351. The molecule has 0 atom stereocenters. The zero-order valence-corrected chi connectivity index (χ0v) is 18.3. The molecule has 0 bridgehead atoms. The minimum Gasteiger partial charge on any atom is -0.493 e. The summed E-state index contributed by atoms with van der Waals surface area (Å²) in [5.41, 5.74) is 2.44. The number of nitrogens with zero attached hydrogens (tertiary/aromatic N) is 4. The van der Waals surface area contributed by atoms with Gasteiger partial charge in [-0.1, -0.05) is 6.07 Å². The molecule has 3 rings (SSSR count). The summed E-state index contributed by atoms with van der Waals surface area (Å²) in [5, 5.41) is 13.2. The normalized spacial score (nSPS) is 10.5. The van der Waals surface area contributed by atoms with Crippen molar-refractivity contribution in [2.75, 3.05) is 37.9 Å². The predicted octanol–water partition coefficient (Wildman–Crippen LogP) is 2.84. The van der Waals surface area contributed by atoms with Crippen LogP contribution in [0.15, 0.2) is 30.3 Å². The molecule has 0 saturated carbocycles. The van der Waals surface area contributed by atoms with Crippen LogP contribution in [0, 0.1) is 20.8 Å². The van der Waals surface area contributed by atoms with Crippen molar-refractivity contribution in [3.8, 4) is 17.3 Å². The number of methoxy groups -OCH3 is 2. The van der Waals surface area contributed by atoms with Crippen LogP contribution in [0.5, 0.6) is 11.5 Å². The lowest BCUT2D eigenvalue weighted by Crippen LogP contribution is -2.32. The van der Waals surface area contributed by atoms with Gasteiger partial charge in [0.25, 0.3) is 0 Å². The number of amides is 2. The van der Waals surface area contributed by atoms with Crippen LogP contribution < -0.4 is 25.4 Å². The van der Waals surface area contributed by atoms with Crippen LogP contribution in [0.4, 0.5) is 16.3 Å². The highest BCUT2D eigenvalue weighted by Crippen LogP contribution is 2.34.